The normalized spacial score (nSPS) is 21.9. The predicted octanol–water partition coefficient (Wildman–Crippen LogP) is 7.26. The van der Waals surface area contributed by atoms with Crippen LogP contribution in [-0.4, -0.2) is 17.7 Å². The van der Waals surface area contributed by atoms with Gasteiger partial charge in [0.1, 0.15) is 5.82 Å². The number of carboxylic acid groups (broad SMARTS) is 1. The van der Waals surface area contributed by atoms with Crippen molar-refractivity contribution in [2.45, 2.75) is 31.5 Å². The second-order valence-corrected chi connectivity index (χ2v) is 9.16. The van der Waals surface area contributed by atoms with Gasteiger partial charge in [0.05, 0.1) is 12.2 Å². The zero-order valence-electron chi connectivity index (χ0n) is 19.1. The van der Waals surface area contributed by atoms with Gasteiger partial charge in [-0.1, -0.05) is 60.2 Å². The molecule has 0 spiro atoms. The molecule has 0 unspecified atom stereocenters. The molecule has 1 saturated heterocycles. The van der Waals surface area contributed by atoms with Crippen LogP contribution < -0.4 is 4.74 Å². The van der Waals surface area contributed by atoms with Gasteiger partial charge in [-0.3, -0.25) is 0 Å². The Bertz CT molecular complexity index is 1230. The minimum absolute atomic E-state index is 0.163. The van der Waals surface area contributed by atoms with Crippen LogP contribution in [0.25, 0.3) is 0 Å². The number of halogens is 3. The van der Waals surface area contributed by atoms with Crippen LogP contribution in [0.1, 0.15) is 48.2 Å². The molecule has 7 heteroatoms. The number of hydrogen-bond acceptors (Lipinski definition) is 3. The standard InChI is InChI=1S/C28H25ClF2O4/c1-16(2)22-14-23(17-9-11-19(29)12-10-17)26(18-5-3-6-20(30)13-18)35-27(22)21-7-4-8-24(31)28(21)34-15-25(32)33/h3-13,22-23,26-27H,1,14-15H2,2H3,(H,32,33)/t22-,23-,26+,27-/m1/s1. The van der Waals surface area contributed by atoms with E-state index in [9.17, 15) is 13.6 Å². The maximum Gasteiger partial charge on any atom is 0.341 e. The molecule has 0 aliphatic carbocycles. The number of hydrogen-bond donors (Lipinski definition) is 1. The number of carboxylic acids is 1. The largest absolute Gasteiger partial charge is 0.479 e. The molecule has 0 radical (unpaired) electrons. The zero-order chi connectivity index (χ0) is 25.1. The van der Waals surface area contributed by atoms with E-state index in [1.54, 1.807) is 30.3 Å². The summed E-state index contributed by atoms with van der Waals surface area (Å²) in [6.45, 7) is 5.32. The predicted molar refractivity (Wildman–Crippen MR) is 130 cm³/mol. The van der Waals surface area contributed by atoms with Crippen LogP contribution in [0.2, 0.25) is 5.02 Å². The Morgan fingerprint density at radius 3 is 2.46 bits per heavy atom. The first kappa shape index (κ1) is 24.9. The van der Waals surface area contributed by atoms with E-state index in [1.165, 1.54) is 24.3 Å². The summed E-state index contributed by atoms with van der Waals surface area (Å²) in [5.74, 6) is -2.88. The minimum Gasteiger partial charge on any atom is -0.479 e. The summed E-state index contributed by atoms with van der Waals surface area (Å²) < 4.78 is 41.0. The highest BCUT2D eigenvalue weighted by atomic mass is 35.5. The van der Waals surface area contributed by atoms with E-state index in [0.29, 0.717) is 22.6 Å². The fourth-order valence-electron chi connectivity index (χ4n) is 4.67. The lowest BCUT2D eigenvalue weighted by Crippen LogP contribution is -2.32. The molecular formula is C28H25ClF2O4. The molecule has 3 aromatic carbocycles. The van der Waals surface area contributed by atoms with Crippen molar-refractivity contribution in [1.82, 2.24) is 0 Å². The second kappa shape index (κ2) is 10.6. The van der Waals surface area contributed by atoms with Crippen molar-refractivity contribution >= 4 is 17.6 Å². The maximum atomic E-state index is 14.8. The number of rotatable bonds is 7. The molecule has 0 bridgehead atoms. The van der Waals surface area contributed by atoms with Gasteiger partial charge in [0.2, 0.25) is 0 Å². The lowest BCUT2D eigenvalue weighted by molar-refractivity contribution is -0.139. The summed E-state index contributed by atoms with van der Waals surface area (Å²) in [5.41, 5.74) is 2.81. The fraction of sp³-hybridized carbons (Fsp3) is 0.250. The van der Waals surface area contributed by atoms with E-state index >= 15 is 0 Å². The van der Waals surface area contributed by atoms with Crippen molar-refractivity contribution in [2.24, 2.45) is 5.92 Å². The highest BCUT2D eigenvalue weighted by Gasteiger charge is 2.42. The van der Waals surface area contributed by atoms with Gasteiger partial charge in [0.15, 0.2) is 18.2 Å². The Morgan fingerprint density at radius 1 is 1.09 bits per heavy atom. The summed E-state index contributed by atoms with van der Waals surface area (Å²) in [4.78, 5) is 11.1. The average Bonchev–Trinajstić information content (AvgIpc) is 2.82. The SMILES string of the molecule is C=C(C)[C@H]1C[C@H](c2ccc(Cl)cc2)[C@H](c2cccc(F)c2)O[C@@H]1c1cccc(F)c1OCC(=O)O. The van der Waals surface area contributed by atoms with Crippen molar-refractivity contribution < 1.29 is 28.2 Å². The molecule has 3 aromatic rings. The van der Waals surface area contributed by atoms with Gasteiger partial charge >= 0.3 is 5.97 Å². The second-order valence-electron chi connectivity index (χ2n) is 8.72. The summed E-state index contributed by atoms with van der Waals surface area (Å²) >= 11 is 6.11. The first-order valence-corrected chi connectivity index (χ1v) is 11.6. The number of carbonyl (C=O) groups is 1. The molecule has 35 heavy (non-hydrogen) atoms. The van der Waals surface area contributed by atoms with Crippen LogP contribution in [0.4, 0.5) is 8.78 Å². The summed E-state index contributed by atoms with van der Waals surface area (Å²) in [5, 5.41) is 9.67. The molecule has 1 fully saturated rings. The van der Waals surface area contributed by atoms with Gasteiger partial charge < -0.3 is 14.6 Å². The fourth-order valence-corrected chi connectivity index (χ4v) is 4.80. The van der Waals surface area contributed by atoms with E-state index in [-0.39, 0.29) is 17.6 Å². The monoisotopic (exact) mass is 498 g/mol. The third-order valence-corrected chi connectivity index (χ3v) is 6.54. The number of para-hydroxylation sites is 1. The molecule has 0 amide bonds. The molecule has 1 heterocycles. The first-order chi connectivity index (χ1) is 16.7. The van der Waals surface area contributed by atoms with Crippen molar-refractivity contribution in [3.8, 4) is 5.75 Å². The van der Waals surface area contributed by atoms with Crippen LogP contribution in [-0.2, 0) is 9.53 Å². The summed E-state index contributed by atoms with van der Waals surface area (Å²) in [6.07, 6.45) is -0.676. The number of ether oxygens (including phenoxy) is 2. The van der Waals surface area contributed by atoms with Crippen molar-refractivity contribution in [2.75, 3.05) is 6.61 Å². The molecule has 1 aliphatic heterocycles. The van der Waals surface area contributed by atoms with Crippen LogP contribution in [0, 0.1) is 17.6 Å². The molecule has 1 aliphatic rings. The van der Waals surface area contributed by atoms with E-state index < -0.39 is 36.4 Å². The van der Waals surface area contributed by atoms with E-state index in [2.05, 4.69) is 6.58 Å². The summed E-state index contributed by atoms with van der Waals surface area (Å²) in [6, 6.07) is 18.0. The molecule has 0 aromatic heterocycles. The van der Waals surface area contributed by atoms with Gasteiger partial charge in [0, 0.05) is 22.4 Å². The molecule has 0 saturated carbocycles. The maximum absolute atomic E-state index is 14.8. The van der Waals surface area contributed by atoms with Crippen LogP contribution in [0.15, 0.2) is 78.9 Å². The molecule has 4 rings (SSSR count). The van der Waals surface area contributed by atoms with Gasteiger partial charge in [0.25, 0.3) is 0 Å². The Labute approximate surface area is 207 Å². The van der Waals surface area contributed by atoms with Gasteiger partial charge in [-0.15, -0.1) is 0 Å². The number of benzene rings is 3. The third kappa shape index (κ3) is 5.55. The molecular weight excluding hydrogens is 474 g/mol. The molecule has 4 atom stereocenters. The molecule has 4 nitrogen and oxygen atoms in total. The van der Waals surface area contributed by atoms with E-state index in [0.717, 1.165) is 11.1 Å². The molecule has 182 valence electrons. The Kier molecular flexibility index (Phi) is 7.53. The van der Waals surface area contributed by atoms with Gasteiger partial charge in [-0.25, -0.2) is 13.6 Å². The third-order valence-electron chi connectivity index (χ3n) is 6.28. The highest BCUT2D eigenvalue weighted by molar-refractivity contribution is 6.30. The first-order valence-electron chi connectivity index (χ1n) is 11.2. The lowest BCUT2D eigenvalue weighted by Gasteiger charge is -2.43. The Balaban J connectivity index is 1.81. The lowest BCUT2D eigenvalue weighted by atomic mass is 9.74. The van der Waals surface area contributed by atoms with Crippen molar-refractivity contribution in [1.29, 1.82) is 0 Å². The van der Waals surface area contributed by atoms with E-state index in [4.69, 9.17) is 26.2 Å². The van der Waals surface area contributed by atoms with Crippen LogP contribution in [0.3, 0.4) is 0 Å². The quantitative estimate of drug-likeness (QED) is 0.348. The Hall–Kier alpha value is -3.22. The molecule has 1 N–H and O–H groups in total. The number of aliphatic carboxylic acids is 1. The van der Waals surface area contributed by atoms with E-state index in [1.807, 2.05) is 19.1 Å². The minimum atomic E-state index is -1.22. The average molecular weight is 499 g/mol. The zero-order valence-corrected chi connectivity index (χ0v) is 19.8. The van der Waals surface area contributed by atoms with Crippen molar-refractivity contribution in [3.05, 3.63) is 112 Å². The topological polar surface area (TPSA) is 55.8 Å². The highest BCUT2D eigenvalue weighted by Crippen LogP contribution is 2.53. The van der Waals surface area contributed by atoms with Crippen LogP contribution >= 0.6 is 11.6 Å². The Morgan fingerprint density at radius 2 is 1.80 bits per heavy atom. The smallest absolute Gasteiger partial charge is 0.341 e. The van der Waals surface area contributed by atoms with Gasteiger partial charge in [-0.05, 0) is 54.8 Å². The van der Waals surface area contributed by atoms with Crippen molar-refractivity contribution in [3.63, 3.8) is 0 Å². The summed E-state index contributed by atoms with van der Waals surface area (Å²) in [7, 11) is 0. The van der Waals surface area contributed by atoms with Crippen LogP contribution in [0.5, 0.6) is 5.75 Å². The van der Waals surface area contributed by atoms with Gasteiger partial charge in [-0.2, -0.15) is 0 Å².